The predicted molar refractivity (Wildman–Crippen MR) is 118 cm³/mol. The molecule has 0 aliphatic carbocycles. The third-order valence-corrected chi connectivity index (χ3v) is 7.66. The highest BCUT2D eigenvalue weighted by Crippen LogP contribution is 2.41. The highest BCUT2D eigenvalue weighted by molar-refractivity contribution is 6.06. The van der Waals surface area contributed by atoms with E-state index in [0.717, 1.165) is 18.6 Å². The maximum absolute atomic E-state index is 13.6. The van der Waals surface area contributed by atoms with Gasteiger partial charge in [-0.2, -0.15) is 13.2 Å². The van der Waals surface area contributed by atoms with Crippen molar-refractivity contribution in [3.8, 4) is 0 Å². The number of likely N-dealkylation sites (tertiary alicyclic amines) is 2. The van der Waals surface area contributed by atoms with Gasteiger partial charge < -0.3 is 10.0 Å². The van der Waals surface area contributed by atoms with E-state index in [2.05, 4.69) is 0 Å². The van der Waals surface area contributed by atoms with Gasteiger partial charge in [0.05, 0.1) is 17.7 Å². The number of carbonyl (C=O) groups excluding carboxylic acids is 3. The number of hydrogen-bond donors (Lipinski definition) is 1. The minimum Gasteiger partial charge on any atom is -0.392 e. The first-order chi connectivity index (χ1) is 16.6. The van der Waals surface area contributed by atoms with Gasteiger partial charge in [-0.25, -0.2) is 0 Å². The van der Waals surface area contributed by atoms with Crippen LogP contribution in [0.4, 0.5) is 13.2 Å². The summed E-state index contributed by atoms with van der Waals surface area (Å²) in [5.41, 5.74) is -0.925. The molecule has 0 bridgehead atoms. The summed E-state index contributed by atoms with van der Waals surface area (Å²) in [5, 5.41) is 10.3. The molecule has 0 saturated carbocycles. The fraction of sp³-hybridized carbons (Fsp3) is 0.625. The normalized spacial score (nSPS) is 27.1. The summed E-state index contributed by atoms with van der Waals surface area (Å²) in [5.74, 6) is -0.490. The Kier molecular flexibility index (Phi) is 6.13. The van der Waals surface area contributed by atoms with E-state index in [4.69, 9.17) is 0 Å². The standard InChI is InChI=1S/C24H29F3N4O4/c25-24(26,27)17-6-4-16(5-7-17)12-28-14-23(15-28)22(35)30(10-2-9-29-8-1-3-20(29)33)21(34)19-11-18(32)13-31(19)23/h4-7,18-19,32H,1-3,8-15H2/t18-,19+/m1/s1. The average molecular weight is 495 g/mol. The van der Waals surface area contributed by atoms with Crippen LogP contribution in [0.2, 0.25) is 0 Å². The molecule has 5 rings (SSSR count). The van der Waals surface area contributed by atoms with Crippen LogP contribution in [0.5, 0.6) is 0 Å². The zero-order chi connectivity index (χ0) is 25.0. The number of amides is 3. The van der Waals surface area contributed by atoms with Crippen molar-refractivity contribution in [3.63, 3.8) is 0 Å². The van der Waals surface area contributed by atoms with E-state index in [0.29, 0.717) is 51.1 Å². The number of carbonyl (C=O) groups is 3. The maximum atomic E-state index is 13.6. The lowest BCUT2D eigenvalue weighted by atomic mass is 9.82. The second-order valence-corrected chi connectivity index (χ2v) is 10.1. The molecular weight excluding hydrogens is 465 g/mol. The molecule has 3 amide bonds. The Balaban J connectivity index is 1.26. The number of rotatable bonds is 6. The Morgan fingerprint density at radius 3 is 2.40 bits per heavy atom. The van der Waals surface area contributed by atoms with E-state index in [1.165, 1.54) is 17.0 Å². The summed E-state index contributed by atoms with van der Waals surface area (Å²) >= 11 is 0. The number of alkyl halides is 3. The molecule has 11 heteroatoms. The fourth-order valence-electron chi connectivity index (χ4n) is 5.93. The molecule has 1 N–H and O–H groups in total. The van der Waals surface area contributed by atoms with Gasteiger partial charge >= 0.3 is 6.18 Å². The van der Waals surface area contributed by atoms with E-state index < -0.39 is 29.4 Å². The van der Waals surface area contributed by atoms with Gasteiger partial charge in [0, 0.05) is 52.2 Å². The van der Waals surface area contributed by atoms with Crippen molar-refractivity contribution in [1.29, 1.82) is 0 Å². The van der Waals surface area contributed by atoms with E-state index in [1.54, 1.807) is 4.90 Å². The summed E-state index contributed by atoms with van der Waals surface area (Å²) in [6.45, 7) is 2.73. The fourth-order valence-corrected chi connectivity index (χ4v) is 5.93. The highest BCUT2D eigenvalue weighted by Gasteiger charge is 2.64. The Morgan fingerprint density at radius 2 is 1.77 bits per heavy atom. The summed E-state index contributed by atoms with van der Waals surface area (Å²) < 4.78 is 38.5. The smallest absolute Gasteiger partial charge is 0.392 e. The van der Waals surface area contributed by atoms with Crippen molar-refractivity contribution in [2.45, 2.75) is 56.1 Å². The van der Waals surface area contributed by atoms with E-state index in [-0.39, 0.29) is 37.2 Å². The first kappa shape index (κ1) is 24.2. The van der Waals surface area contributed by atoms with Crippen molar-refractivity contribution in [2.24, 2.45) is 0 Å². The summed E-state index contributed by atoms with van der Waals surface area (Å²) in [6.07, 6.45) is -2.95. The number of aliphatic hydroxyl groups is 1. The van der Waals surface area contributed by atoms with Gasteiger partial charge in [0.1, 0.15) is 5.54 Å². The number of halogens is 3. The number of nitrogens with zero attached hydrogens (tertiary/aromatic N) is 4. The molecule has 35 heavy (non-hydrogen) atoms. The Bertz CT molecular complexity index is 1010. The second-order valence-electron chi connectivity index (χ2n) is 10.1. The number of β-amino-alcohol motifs (C(OH)–C–C–N with tert-alkyl or cyclic N) is 1. The van der Waals surface area contributed by atoms with Crippen molar-refractivity contribution >= 4 is 17.7 Å². The van der Waals surface area contributed by atoms with Crippen molar-refractivity contribution in [2.75, 3.05) is 39.3 Å². The van der Waals surface area contributed by atoms with E-state index in [1.807, 2.05) is 9.80 Å². The second kappa shape index (κ2) is 8.86. The molecule has 190 valence electrons. The van der Waals surface area contributed by atoms with Gasteiger partial charge in [-0.15, -0.1) is 0 Å². The predicted octanol–water partition coefficient (Wildman–Crippen LogP) is 1.08. The van der Waals surface area contributed by atoms with Crippen LogP contribution in [0, 0.1) is 0 Å². The maximum Gasteiger partial charge on any atom is 0.416 e. The third-order valence-electron chi connectivity index (χ3n) is 7.66. The van der Waals surface area contributed by atoms with Crippen molar-refractivity contribution in [3.05, 3.63) is 35.4 Å². The van der Waals surface area contributed by atoms with Crippen LogP contribution in [0.1, 0.15) is 36.8 Å². The van der Waals surface area contributed by atoms with E-state index >= 15 is 0 Å². The van der Waals surface area contributed by atoms with Crippen LogP contribution >= 0.6 is 0 Å². The number of imide groups is 1. The van der Waals surface area contributed by atoms with Crippen LogP contribution in [0.15, 0.2) is 24.3 Å². The lowest BCUT2D eigenvalue weighted by Gasteiger charge is -2.58. The van der Waals surface area contributed by atoms with E-state index in [9.17, 15) is 32.7 Å². The highest BCUT2D eigenvalue weighted by atomic mass is 19.4. The lowest BCUT2D eigenvalue weighted by molar-refractivity contribution is -0.180. The number of hydrogen-bond acceptors (Lipinski definition) is 6. The average Bonchev–Trinajstić information content (AvgIpc) is 3.37. The van der Waals surface area contributed by atoms with Crippen molar-refractivity contribution in [1.82, 2.24) is 19.6 Å². The molecule has 2 atom stereocenters. The summed E-state index contributed by atoms with van der Waals surface area (Å²) in [6, 6.07) is 4.41. The molecular formula is C24H29F3N4O4. The molecule has 4 aliphatic rings. The van der Waals surface area contributed by atoms with Gasteiger partial charge in [0.25, 0.3) is 5.91 Å². The molecule has 1 aromatic carbocycles. The molecule has 1 aromatic rings. The number of benzene rings is 1. The molecule has 1 spiro atoms. The number of aliphatic hydroxyl groups excluding tert-OH is 1. The summed E-state index contributed by atoms with van der Waals surface area (Å²) in [7, 11) is 0. The van der Waals surface area contributed by atoms with Crippen molar-refractivity contribution < 1.29 is 32.7 Å². The third kappa shape index (κ3) is 4.34. The van der Waals surface area contributed by atoms with Crippen LogP contribution in [-0.2, 0) is 27.1 Å². The minimum atomic E-state index is -4.39. The largest absolute Gasteiger partial charge is 0.416 e. The van der Waals surface area contributed by atoms with Gasteiger partial charge in [-0.1, -0.05) is 12.1 Å². The molecule has 4 aliphatic heterocycles. The Labute approximate surface area is 201 Å². The Hall–Kier alpha value is -2.50. The zero-order valence-corrected chi connectivity index (χ0v) is 19.3. The molecule has 4 heterocycles. The lowest BCUT2D eigenvalue weighted by Crippen LogP contribution is -2.81. The van der Waals surface area contributed by atoms with Gasteiger partial charge in [-0.05, 0) is 37.0 Å². The van der Waals surface area contributed by atoms with Crippen LogP contribution in [0.25, 0.3) is 0 Å². The van der Waals surface area contributed by atoms with Gasteiger partial charge in [0.2, 0.25) is 11.8 Å². The SMILES string of the molecule is O=C1CCCN1CCCN1C(=O)[C@@H]2C[C@@H](O)CN2C2(CN(Cc3ccc(C(F)(F)F)cc3)C2)C1=O. The zero-order valence-electron chi connectivity index (χ0n) is 19.3. The van der Waals surface area contributed by atoms with Crippen LogP contribution in [0.3, 0.4) is 0 Å². The Morgan fingerprint density at radius 1 is 1.06 bits per heavy atom. The monoisotopic (exact) mass is 494 g/mol. The topological polar surface area (TPSA) is 84.4 Å². The first-order valence-corrected chi connectivity index (χ1v) is 12.1. The number of fused-ring (bicyclic) bond motifs is 2. The van der Waals surface area contributed by atoms with Gasteiger partial charge in [-0.3, -0.25) is 29.1 Å². The molecule has 0 radical (unpaired) electrons. The van der Waals surface area contributed by atoms with Crippen LogP contribution < -0.4 is 0 Å². The van der Waals surface area contributed by atoms with Crippen LogP contribution in [-0.4, -0.2) is 99.4 Å². The summed E-state index contributed by atoms with van der Waals surface area (Å²) in [4.78, 5) is 45.4. The van der Waals surface area contributed by atoms with Gasteiger partial charge in [0.15, 0.2) is 0 Å². The minimum absolute atomic E-state index is 0.0979. The molecule has 0 unspecified atom stereocenters. The molecule has 8 nitrogen and oxygen atoms in total. The molecule has 4 fully saturated rings. The molecule has 0 aromatic heterocycles. The quantitative estimate of drug-likeness (QED) is 0.596. The first-order valence-electron chi connectivity index (χ1n) is 12.1. The molecule has 4 saturated heterocycles. The number of piperazine rings is 1.